The fourth-order valence-electron chi connectivity index (χ4n) is 2.58. The normalized spacial score (nSPS) is 12.4. The third-order valence-corrected chi connectivity index (χ3v) is 3.86. The Morgan fingerprint density at radius 2 is 2.11 bits per heavy atom. The molecule has 27 heavy (non-hydrogen) atoms. The zero-order valence-electron chi connectivity index (χ0n) is 14.0. The second kappa shape index (κ2) is 6.94. The van der Waals surface area contributed by atoms with E-state index in [1.165, 1.54) is 12.3 Å². The molecule has 0 fully saturated rings. The monoisotopic (exact) mass is 372 g/mol. The van der Waals surface area contributed by atoms with Crippen molar-refractivity contribution in [1.29, 1.82) is 0 Å². The van der Waals surface area contributed by atoms with Crippen molar-refractivity contribution in [3.05, 3.63) is 48.5 Å². The number of hydrogen-bond acceptors (Lipinski definition) is 7. The van der Waals surface area contributed by atoms with Crippen LogP contribution in [0.4, 0.5) is 20.4 Å². The van der Waals surface area contributed by atoms with Gasteiger partial charge in [-0.3, -0.25) is 4.98 Å². The molecule has 4 heterocycles. The van der Waals surface area contributed by atoms with Crippen LogP contribution in [-0.2, 0) is 0 Å². The topological polar surface area (TPSA) is 106 Å². The Balaban J connectivity index is 1.61. The van der Waals surface area contributed by atoms with Crippen molar-refractivity contribution in [3.8, 4) is 5.88 Å². The number of halogens is 2. The summed E-state index contributed by atoms with van der Waals surface area (Å²) in [7, 11) is 0. The molecule has 0 radical (unpaired) electrons. The van der Waals surface area contributed by atoms with Crippen molar-refractivity contribution in [2.45, 2.75) is 19.6 Å². The van der Waals surface area contributed by atoms with Gasteiger partial charge in [-0.05, 0) is 18.6 Å². The summed E-state index contributed by atoms with van der Waals surface area (Å²) in [6, 6.07) is 5.01. The van der Waals surface area contributed by atoms with Gasteiger partial charge in [0.15, 0.2) is 17.3 Å². The number of H-pyrrole nitrogens is 1. The molecule has 0 saturated heterocycles. The van der Waals surface area contributed by atoms with Gasteiger partial charge in [-0.25, -0.2) is 19.7 Å². The third kappa shape index (κ3) is 3.52. The largest absolute Gasteiger partial charge is 0.417 e. The van der Waals surface area contributed by atoms with E-state index in [1.807, 2.05) is 19.1 Å². The molecule has 4 rings (SSSR count). The summed E-state index contributed by atoms with van der Waals surface area (Å²) in [6.07, 6.45) is 6.60. The van der Waals surface area contributed by atoms with Crippen molar-refractivity contribution < 1.29 is 13.5 Å². The number of nitrogens with one attached hydrogen (secondary N) is 2. The van der Waals surface area contributed by atoms with Gasteiger partial charge in [0, 0.05) is 18.5 Å². The van der Waals surface area contributed by atoms with E-state index in [2.05, 4.69) is 40.3 Å². The van der Waals surface area contributed by atoms with Gasteiger partial charge in [-0.15, -0.1) is 0 Å². The van der Waals surface area contributed by atoms with Crippen LogP contribution in [0.1, 0.15) is 18.5 Å². The predicted octanol–water partition coefficient (Wildman–Crippen LogP) is 2.90. The average molecular weight is 372 g/mol. The molecule has 11 heteroatoms. The quantitative estimate of drug-likeness (QED) is 0.536. The summed E-state index contributed by atoms with van der Waals surface area (Å²) < 4.78 is 30.4. The van der Waals surface area contributed by atoms with E-state index in [4.69, 9.17) is 0 Å². The van der Waals surface area contributed by atoms with Gasteiger partial charge in [0.05, 0.1) is 18.4 Å². The summed E-state index contributed by atoms with van der Waals surface area (Å²) in [5.41, 5.74) is 2.17. The van der Waals surface area contributed by atoms with E-state index in [0.717, 1.165) is 5.56 Å². The zero-order valence-corrected chi connectivity index (χ0v) is 14.0. The molecular formula is C16H14F2N8O. The number of aromatic nitrogens is 7. The van der Waals surface area contributed by atoms with Crippen LogP contribution in [0.25, 0.3) is 11.2 Å². The minimum Gasteiger partial charge on any atom is -0.417 e. The highest BCUT2D eigenvalue weighted by molar-refractivity contribution is 5.72. The molecule has 0 aliphatic rings. The first-order valence-electron chi connectivity index (χ1n) is 7.97. The molecule has 0 unspecified atom stereocenters. The first kappa shape index (κ1) is 16.8. The molecule has 9 nitrogen and oxygen atoms in total. The number of anilines is 2. The molecule has 0 saturated carbocycles. The second-order valence-corrected chi connectivity index (χ2v) is 5.64. The lowest BCUT2D eigenvalue weighted by Gasteiger charge is -2.13. The van der Waals surface area contributed by atoms with Crippen LogP contribution in [0.3, 0.4) is 0 Å². The smallest absolute Gasteiger partial charge is 0.388 e. The molecule has 0 aromatic carbocycles. The van der Waals surface area contributed by atoms with Gasteiger partial charge in [-0.1, -0.05) is 6.07 Å². The molecule has 4 aromatic heterocycles. The summed E-state index contributed by atoms with van der Waals surface area (Å²) >= 11 is 0. The van der Waals surface area contributed by atoms with Gasteiger partial charge >= 0.3 is 6.61 Å². The molecule has 0 spiro atoms. The van der Waals surface area contributed by atoms with E-state index in [-0.39, 0.29) is 17.7 Å². The van der Waals surface area contributed by atoms with Crippen LogP contribution in [0, 0.1) is 0 Å². The molecule has 2 N–H and O–H groups in total. The Labute approximate surface area is 151 Å². The predicted molar refractivity (Wildman–Crippen MR) is 91.9 cm³/mol. The number of aromatic amines is 1. The van der Waals surface area contributed by atoms with E-state index in [1.54, 1.807) is 23.3 Å². The summed E-state index contributed by atoms with van der Waals surface area (Å²) in [5, 5.41) is 13.5. The summed E-state index contributed by atoms with van der Waals surface area (Å²) in [4.78, 5) is 13.0. The molecule has 0 aliphatic carbocycles. The summed E-state index contributed by atoms with van der Waals surface area (Å²) in [5.74, 6) is 0.500. The number of alkyl halides is 2. The Morgan fingerprint density at radius 1 is 1.22 bits per heavy atom. The maximum atomic E-state index is 12.2. The number of rotatable bonds is 6. The molecule has 138 valence electrons. The first-order chi connectivity index (χ1) is 13.1. The van der Waals surface area contributed by atoms with Crippen molar-refractivity contribution >= 4 is 22.8 Å². The van der Waals surface area contributed by atoms with Crippen molar-refractivity contribution in [2.24, 2.45) is 0 Å². The minimum absolute atomic E-state index is 0.0998. The lowest BCUT2D eigenvalue weighted by atomic mass is 10.1. The number of fused-ring (bicyclic) bond motifs is 1. The van der Waals surface area contributed by atoms with Crippen LogP contribution in [-0.4, -0.2) is 41.5 Å². The van der Waals surface area contributed by atoms with Gasteiger partial charge in [0.25, 0.3) is 0 Å². The Morgan fingerprint density at radius 3 is 2.89 bits per heavy atom. The highest BCUT2D eigenvalue weighted by Gasteiger charge is 2.15. The van der Waals surface area contributed by atoms with Gasteiger partial charge in [0.1, 0.15) is 5.52 Å². The van der Waals surface area contributed by atoms with E-state index in [0.29, 0.717) is 17.0 Å². The van der Waals surface area contributed by atoms with Crippen molar-refractivity contribution in [2.75, 3.05) is 5.32 Å². The SMILES string of the molecule is C[C@H](c1cccnc1)n1ncc2ncc(Nc3cc(OC(F)F)[nH]n3)nc21. The maximum absolute atomic E-state index is 12.2. The molecular weight excluding hydrogens is 358 g/mol. The van der Waals surface area contributed by atoms with Crippen LogP contribution >= 0.6 is 0 Å². The zero-order chi connectivity index (χ0) is 18.8. The minimum atomic E-state index is -2.93. The lowest BCUT2D eigenvalue weighted by Crippen LogP contribution is -2.10. The highest BCUT2D eigenvalue weighted by Crippen LogP contribution is 2.23. The second-order valence-electron chi connectivity index (χ2n) is 5.64. The molecule has 4 aromatic rings. The van der Waals surface area contributed by atoms with Gasteiger partial charge < -0.3 is 10.1 Å². The number of ether oxygens (including phenoxy) is 1. The fraction of sp³-hybridized carbons (Fsp3) is 0.188. The first-order valence-corrected chi connectivity index (χ1v) is 7.97. The highest BCUT2D eigenvalue weighted by atomic mass is 19.3. The number of hydrogen-bond donors (Lipinski definition) is 2. The number of nitrogens with zero attached hydrogens (tertiary/aromatic N) is 6. The average Bonchev–Trinajstić information content (AvgIpc) is 3.28. The van der Waals surface area contributed by atoms with Crippen LogP contribution < -0.4 is 10.1 Å². The van der Waals surface area contributed by atoms with Crippen molar-refractivity contribution in [1.82, 2.24) is 34.9 Å². The third-order valence-electron chi connectivity index (χ3n) is 3.86. The van der Waals surface area contributed by atoms with E-state index >= 15 is 0 Å². The van der Waals surface area contributed by atoms with Gasteiger partial charge in [-0.2, -0.15) is 19.0 Å². The standard InChI is InChI=1S/C16H14F2N8O/c1-9(10-3-2-4-19-6-10)26-15-11(7-21-26)20-8-13(23-15)22-12-5-14(25-24-12)27-16(17)18/h2-9,16H,1H3,(H2,22,23,24,25)/t9-/m1/s1. The molecule has 1 atom stereocenters. The molecule has 0 aliphatic heterocycles. The van der Waals surface area contributed by atoms with Crippen molar-refractivity contribution in [3.63, 3.8) is 0 Å². The van der Waals surface area contributed by atoms with Crippen LogP contribution in [0.2, 0.25) is 0 Å². The van der Waals surface area contributed by atoms with Crippen LogP contribution in [0.5, 0.6) is 5.88 Å². The Bertz CT molecular complexity index is 1050. The van der Waals surface area contributed by atoms with Gasteiger partial charge in [0.2, 0.25) is 5.88 Å². The van der Waals surface area contributed by atoms with Crippen LogP contribution in [0.15, 0.2) is 43.0 Å². The molecule has 0 amide bonds. The van der Waals surface area contributed by atoms with E-state index in [9.17, 15) is 8.78 Å². The van der Waals surface area contributed by atoms with E-state index < -0.39 is 6.61 Å². The fourth-order valence-corrected chi connectivity index (χ4v) is 2.58. The Hall–Kier alpha value is -3.63. The molecule has 0 bridgehead atoms. The Kier molecular flexibility index (Phi) is 4.32. The number of pyridine rings is 1. The maximum Gasteiger partial charge on any atom is 0.388 e. The lowest BCUT2D eigenvalue weighted by molar-refractivity contribution is -0.0528. The summed E-state index contributed by atoms with van der Waals surface area (Å²) in [6.45, 7) is -0.954.